The van der Waals surface area contributed by atoms with Crippen LogP contribution >= 0.6 is 11.8 Å². The molecule has 1 amide bonds. The van der Waals surface area contributed by atoms with Crippen LogP contribution in [0.2, 0.25) is 0 Å². The maximum absolute atomic E-state index is 12.9. The van der Waals surface area contributed by atoms with Gasteiger partial charge in [-0.15, -0.1) is 5.10 Å². The highest BCUT2D eigenvalue weighted by molar-refractivity contribution is 8.00. The lowest BCUT2D eigenvalue weighted by Crippen LogP contribution is -2.40. The molecule has 1 aliphatic heterocycles. The number of amides is 1. The van der Waals surface area contributed by atoms with Crippen LogP contribution in [0.15, 0.2) is 29.4 Å². The summed E-state index contributed by atoms with van der Waals surface area (Å²) in [5, 5.41) is 12.4. The lowest BCUT2D eigenvalue weighted by atomic mass is 10.0. The maximum atomic E-state index is 12.9. The van der Waals surface area contributed by atoms with Crippen molar-refractivity contribution in [1.29, 1.82) is 0 Å². The van der Waals surface area contributed by atoms with Crippen LogP contribution in [0.5, 0.6) is 0 Å². The highest BCUT2D eigenvalue weighted by Gasteiger charge is 2.31. The summed E-state index contributed by atoms with van der Waals surface area (Å²) < 4.78 is 1.86. The Labute approximate surface area is 139 Å². The number of hydrogen-bond donors (Lipinski definition) is 0. The Balaban J connectivity index is 1.51. The summed E-state index contributed by atoms with van der Waals surface area (Å²) >= 11 is 1.46. The maximum Gasteiger partial charge on any atom is 0.240 e. The Kier molecular flexibility index (Phi) is 3.80. The molecular weight excluding hydrogens is 310 g/mol. The normalized spacial score (nSPS) is 18.6. The molecular formula is C16H19N5OS. The molecule has 4 rings (SSSR count). The van der Waals surface area contributed by atoms with E-state index in [1.807, 2.05) is 34.7 Å². The summed E-state index contributed by atoms with van der Waals surface area (Å²) in [6.45, 7) is 2.73. The van der Waals surface area contributed by atoms with Gasteiger partial charge in [0.25, 0.3) is 0 Å². The van der Waals surface area contributed by atoms with E-state index in [-0.39, 0.29) is 11.2 Å². The topological polar surface area (TPSA) is 63.9 Å². The zero-order valence-electron chi connectivity index (χ0n) is 13.1. The molecule has 0 spiro atoms. The van der Waals surface area contributed by atoms with Gasteiger partial charge in [0.1, 0.15) is 0 Å². The standard InChI is InChI=1S/C16H19N5OS/c1-11(23-16-17-18-19-21(16)13-8-9-13)15(22)20-10-4-6-12-5-2-3-7-14(12)20/h2-3,5,7,11,13H,4,6,8-10H2,1H3/t11-/m1/s1. The molecule has 1 aromatic carbocycles. The molecule has 1 aliphatic carbocycles. The first kappa shape index (κ1) is 14.7. The number of hydrogen-bond acceptors (Lipinski definition) is 5. The highest BCUT2D eigenvalue weighted by Crippen LogP contribution is 2.37. The number of carbonyl (C=O) groups is 1. The Morgan fingerprint density at radius 1 is 1.35 bits per heavy atom. The van der Waals surface area contributed by atoms with Crippen LogP contribution in [0.3, 0.4) is 0 Å². The van der Waals surface area contributed by atoms with Gasteiger partial charge in [-0.05, 0) is 54.7 Å². The van der Waals surface area contributed by atoms with Crippen molar-refractivity contribution in [3.05, 3.63) is 29.8 Å². The summed E-state index contributed by atoms with van der Waals surface area (Å²) in [5.41, 5.74) is 2.31. The van der Waals surface area contributed by atoms with E-state index in [1.165, 1.54) is 17.3 Å². The minimum absolute atomic E-state index is 0.132. The van der Waals surface area contributed by atoms with Crippen LogP contribution in [-0.2, 0) is 11.2 Å². The van der Waals surface area contributed by atoms with Crippen LogP contribution < -0.4 is 4.90 Å². The molecule has 0 unspecified atom stereocenters. The zero-order valence-corrected chi connectivity index (χ0v) is 13.9. The van der Waals surface area contributed by atoms with E-state index < -0.39 is 0 Å². The van der Waals surface area contributed by atoms with Gasteiger partial charge in [-0.1, -0.05) is 30.0 Å². The van der Waals surface area contributed by atoms with Gasteiger partial charge < -0.3 is 4.90 Å². The summed E-state index contributed by atoms with van der Waals surface area (Å²) in [6, 6.07) is 8.61. The third-order valence-corrected chi connectivity index (χ3v) is 5.40. The van der Waals surface area contributed by atoms with Crippen molar-refractivity contribution in [2.24, 2.45) is 0 Å². The van der Waals surface area contributed by atoms with E-state index in [0.717, 1.165) is 43.1 Å². The van der Waals surface area contributed by atoms with Crippen LogP contribution in [-0.4, -0.2) is 37.9 Å². The second-order valence-electron chi connectivity index (χ2n) is 6.12. The third-order valence-electron chi connectivity index (χ3n) is 4.36. The fourth-order valence-electron chi connectivity index (χ4n) is 3.00. The lowest BCUT2D eigenvalue weighted by molar-refractivity contribution is -0.117. The quantitative estimate of drug-likeness (QED) is 0.806. The third kappa shape index (κ3) is 2.85. The van der Waals surface area contributed by atoms with Crippen molar-refractivity contribution in [2.45, 2.75) is 49.1 Å². The van der Waals surface area contributed by atoms with Gasteiger partial charge >= 0.3 is 0 Å². The number of fused-ring (bicyclic) bond motifs is 1. The summed E-state index contributed by atoms with van der Waals surface area (Å²) in [5.74, 6) is 0.132. The summed E-state index contributed by atoms with van der Waals surface area (Å²) in [7, 11) is 0. The predicted molar refractivity (Wildman–Crippen MR) is 88.5 cm³/mol. The fourth-order valence-corrected chi connectivity index (χ4v) is 3.92. The number of thioether (sulfide) groups is 1. The van der Waals surface area contributed by atoms with Gasteiger partial charge in [0.05, 0.1) is 11.3 Å². The number of tetrazole rings is 1. The number of para-hydroxylation sites is 1. The number of benzene rings is 1. The van der Waals surface area contributed by atoms with Crippen molar-refractivity contribution < 1.29 is 4.79 Å². The average molecular weight is 329 g/mol. The predicted octanol–water partition coefficient (Wildman–Crippen LogP) is 2.47. The van der Waals surface area contributed by atoms with Crippen molar-refractivity contribution in [3.8, 4) is 0 Å². The number of aryl methyl sites for hydroxylation is 1. The monoisotopic (exact) mass is 329 g/mol. The minimum Gasteiger partial charge on any atom is -0.311 e. The molecule has 0 saturated heterocycles. The molecule has 1 fully saturated rings. The second-order valence-corrected chi connectivity index (χ2v) is 7.43. The van der Waals surface area contributed by atoms with E-state index in [0.29, 0.717) is 6.04 Å². The van der Waals surface area contributed by atoms with Crippen molar-refractivity contribution in [3.63, 3.8) is 0 Å². The van der Waals surface area contributed by atoms with Gasteiger partial charge in [0.15, 0.2) is 0 Å². The van der Waals surface area contributed by atoms with E-state index in [2.05, 4.69) is 21.6 Å². The van der Waals surface area contributed by atoms with Gasteiger partial charge in [0, 0.05) is 12.2 Å². The first-order valence-electron chi connectivity index (χ1n) is 8.08. The number of anilines is 1. The SMILES string of the molecule is C[C@@H](Sc1nnnn1C1CC1)C(=O)N1CCCc2ccccc21. The van der Waals surface area contributed by atoms with Crippen molar-refractivity contribution >= 4 is 23.4 Å². The molecule has 2 aliphatic rings. The second kappa shape index (κ2) is 5.96. The Hall–Kier alpha value is -1.89. The van der Waals surface area contributed by atoms with Gasteiger partial charge in [-0.3, -0.25) is 4.79 Å². The van der Waals surface area contributed by atoms with Crippen molar-refractivity contribution in [1.82, 2.24) is 20.2 Å². The molecule has 1 atom stereocenters. The lowest BCUT2D eigenvalue weighted by Gasteiger charge is -2.31. The summed E-state index contributed by atoms with van der Waals surface area (Å²) in [4.78, 5) is 14.8. The highest BCUT2D eigenvalue weighted by atomic mass is 32.2. The molecule has 120 valence electrons. The van der Waals surface area contributed by atoms with E-state index in [9.17, 15) is 4.79 Å². The molecule has 2 heterocycles. The molecule has 6 nitrogen and oxygen atoms in total. The number of nitrogens with zero attached hydrogens (tertiary/aromatic N) is 5. The van der Waals surface area contributed by atoms with Gasteiger partial charge in [-0.25, -0.2) is 4.68 Å². The Morgan fingerprint density at radius 2 is 2.17 bits per heavy atom. The molecule has 1 aromatic heterocycles. The van der Waals surface area contributed by atoms with Crippen LogP contribution in [0, 0.1) is 0 Å². The minimum atomic E-state index is -0.204. The van der Waals surface area contributed by atoms with Crippen LogP contribution in [0.1, 0.15) is 37.8 Å². The number of aromatic nitrogens is 4. The average Bonchev–Trinajstić information content (AvgIpc) is 3.33. The number of carbonyl (C=O) groups excluding carboxylic acids is 1. The van der Waals surface area contributed by atoms with E-state index in [4.69, 9.17) is 0 Å². The smallest absolute Gasteiger partial charge is 0.240 e. The van der Waals surface area contributed by atoms with Crippen LogP contribution in [0.4, 0.5) is 5.69 Å². The largest absolute Gasteiger partial charge is 0.311 e. The molecule has 2 aromatic rings. The molecule has 1 saturated carbocycles. The molecule has 7 heteroatoms. The van der Waals surface area contributed by atoms with Crippen LogP contribution in [0.25, 0.3) is 0 Å². The zero-order chi connectivity index (χ0) is 15.8. The number of rotatable bonds is 4. The van der Waals surface area contributed by atoms with Gasteiger partial charge in [-0.2, -0.15) is 0 Å². The molecule has 0 N–H and O–H groups in total. The van der Waals surface area contributed by atoms with Crippen molar-refractivity contribution in [2.75, 3.05) is 11.4 Å². The summed E-state index contributed by atoms with van der Waals surface area (Å²) in [6.07, 6.45) is 4.31. The molecule has 0 radical (unpaired) electrons. The van der Waals surface area contributed by atoms with Gasteiger partial charge in [0.2, 0.25) is 11.1 Å². The first-order valence-corrected chi connectivity index (χ1v) is 8.96. The van der Waals surface area contributed by atoms with E-state index >= 15 is 0 Å². The fraction of sp³-hybridized carbons (Fsp3) is 0.500. The molecule has 0 bridgehead atoms. The first-order chi connectivity index (χ1) is 11.2. The van der Waals surface area contributed by atoms with E-state index in [1.54, 1.807) is 0 Å². The Morgan fingerprint density at radius 3 is 3.00 bits per heavy atom. The Bertz CT molecular complexity index is 727. The molecule has 23 heavy (non-hydrogen) atoms.